The SMILES string of the molecule is CCCCN(CCCC)c1ccc(/C=N/NC(=O)c2ccccn2)cc1. The van der Waals surface area contributed by atoms with Crippen LogP contribution in [0.2, 0.25) is 0 Å². The van der Waals surface area contributed by atoms with E-state index in [1.165, 1.54) is 31.4 Å². The molecule has 1 heterocycles. The summed E-state index contributed by atoms with van der Waals surface area (Å²) in [5, 5.41) is 4.01. The molecule has 1 N–H and O–H groups in total. The lowest BCUT2D eigenvalue weighted by Gasteiger charge is -2.24. The molecule has 2 rings (SSSR count). The summed E-state index contributed by atoms with van der Waals surface area (Å²) in [6.45, 7) is 6.61. The average Bonchev–Trinajstić information content (AvgIpc) is 2.69. The van der Waals surface area contributed by atoms with Gasteiger partial charge in [0.05, 0.1) is 6.21 Å². The Kier molecular flexibility index (Phi) is 8.33. The van der Waals surface area contributed by atoms with Gasteiger partial charge >= 0.3 is 0 Å². The second-order valence-corrected chi connectivity index (χ2v) is 6.20. The number of benzene rings is 1. The lowest BCUT2D eigenvalue weighted by molar-refractivity contribution is 0.0950. The van der Waals surface area contributed by atoms with Crippen molar-refractivity contribution in [2.45, 2.75) is 39.5 Å². The summed E-state index contributed by atoms with van der Waals surface area (Å²) < 4.78 is 0. The molecule has 26 heavy (non-hydrogen) atoms. The van der Waals surface area contributed by atoms with E-state index in [2.05, 4.69) is 46.4 Å². The van der Waals surface area contributed by atoms with Crippen LogP contribution < -0.4 is 10.3 Å². The number of aromatic nitrogens is 1. The van der Waals surface area contributed by atoms with Crippen molar-refractivity contribution in [2.24, 2.45) is 5.10 Å². The standard InChI is InChI=1S/C21H28N4O/c1-3-5-15-25(16-6-4-2)19-12-10-18(11-13-19)17-23-24-21(26)20-9-7-8-14-22-20/h7-14,17H,3-6,15-16H2,1-2H3,(H,24,26)/b23-17+. The molecule has 2 aromatic rings. The van der Waals surface area contributed by atoms with E-state index in [1.54, 1.807) is 30.6 Å². The third kappa shape index (κ3) is 6.31. The molecule has 5 heteroatoms. The van der Waals surface area contributed by atoms with Crippen molar-refractivity contribution in [3.05, 3.63) is 59.9 Å². The quantitative estimate of drug-likeness (QED) is 0.514. The third-order valence-electron chi connectivity index (χ3n) is 4.10. The molecule has 0 aliphatic heterocycles. The summed E-state index contributed by atoms with van der Waals surface area (Å²) in [5.41, 5.74) is 5.03. The molecule has 1 aromatic heterocycles. The predicted octanol–water partition coefficient (Wildman–Crippen LogP) is 4.25. The Labute approximate surface area is 156 Å². The molecule has 0 atom stereocenters. The lowest BCUT2D eigenvalue weighted by Crippen LogP contribution is -2.25. The molecule has 0 fully saturated rings. The van der Waals surface area contributed by atoms with Gasteiger partial charge in [-0.1, -0.05) is 44.9 Å². The molecule has 0 spiro atoms. The van der Waals surface area contributed by atoms with Crippen LogP contribution in [0.3, 0.4) is 0 Å². The van der Waals surface area contributed by atoms with Crippen LogP contribution in [0.5, 0.6) is 0 Å². The lowest BCUT2D eigenvalue weighted by atomic mass is 10.2. The summed E-state index contributed by atoms with van der Waals surface area (Å²) in [6, 6.07) is 13.5. The smallest absolute Gasteiger partial charge is 0.289 e. The third-order valence-corrected chi connectivity index (χ3v) is 4.10. The van der Waals surface area contributed by atoms with Gasteiger partial charge < -0.3 is 4.90 Å². The number of anilines is 1. The fourth-order valence-corrected chi connectivity index (χ4v) is 2.56. The van der Waals surface area contributed by atoms with Gasteiger partial charge in [-0.3, -0.25) is 9.78 Å². The van der Waals surface area contributed by atoms with Crippen molar-refractivity contribution in [3.63, 3.8) is 0 Å². The van der Waals surface area contributed by atoms with Gasteiger partial charge in [0.25, 0.3) is 5.91 Å². The van der Waals surface area contributed by atoms with Crippen LogP contribution in [0.25, 0.3) is 0 Å². The van der Waals surface area contributed by atoms with Crippen molar-refractivity contribution in [3.8, 4) is 0 Å². The zero-order chi connectivity index (χ0) is 18.6. The molecule has 0 aliphatic carbocycles. The highest BCUT2D eigenvalue weighted by atomic mass is 16.2. The summed E-state index contributed by atoms with van der Waals surface area (Å²) in [4.78, 5) is 18.3. The van der Waals surface area contributed by atoms with Gasteiger partial charge in [-0.05, 0) is 42.7 Å². The van der Waals surface area contributed by atoms with Gasteiger partial charge in [0.1, 0.15) is 5.69 Å². The van der Waals surface area contributed by atoms with Crippen LogP contribution in [0, 0.1) is 0 Å². The maximum absolute atomic E-state index is 11.9. The zero-order valence-corrected chi connectivity index (χ0v) is 15.7. The highest BCUT2D eigenvalue weighted by Gasteiger charge is 2.06. The highest BCUT2D eigenvalue weighted by Crippen LogP contribution is 2.16. The molecule has 1 amide bonds. The molecule has 1 aromatic carbocycles. The van der Waals surface area contributed by atoms with E-state index in [9.17, 15) is 4.79 Å². The largest absolute Gasteiger partial charge is 0.372 e. The maximum Gasteiger partial charge on any atom is 0.289 e. The Balaban J connectivity index is 1.93. The summed E-state index contributed by atoms with van der Waals surface area (Å²) >= 11 is 0. The number of unbranched alkanes of at least 4 members (excludes halogenated alkanes) is 2. The number of rotatable bonds is 10. The first-order valence-corrected chi connectivity index (χ1v) is 9.34. The zero-order valence-electron chi connectivity index (χ0n) is 15.7. The molecule has 0 saturated heterocycles. The first-order chi connectivity index (χ1) is 12.7. The number of hydrogen-bond donors (Lipinski definition) is 1. The van der Waals surface area contributed by atoms with E-state index < -0.39 is 0 Å². The minimum atomic E-state index is -0.316. The Morgan fingerprint density at radius 3 is 2.35 bits per heavy atom. The maximum atomic E-state index is 11.9. The van der Waals surface area contributed by atoms with Gasteiger partial charge in [-0.15, -0.1) is 0 Å². The van der Waals surface area contributed by atoms with Gasteiger partial charge in [-0.2, -0.15) is 5.10 Å². The molecule has 0 radical (unpaired) electrons. The van der Waals surface area contributed by atoms with E-state index in [-0.39, 0.29) is 5.91 Å². The Morgan fingerprint density at radius 1 is 1.08 bits per heavy atom. The van der Waals surface area contributed by atoms with Gasteiger partial charge in [0, 0.05) is 25.0 Å². The summed E-state index contributed by atoms with van der Waals surface area (Å²) in [5.74, 6) is -0.316. The van der Waals surface area contributed by atoms with Crippen molar-refractivity contribution >= 4 is 17.8 Å². The highest BCUT2D eigenvalue weighted by molar-refractivity contribution is 5.93. The molecule has 0 aliphatic rings. The number of carbonyl (C=O) groups is 1. The van der Waals surface area contributed by atoms with Crippen LogP contribution in [0.1, 0.15) is 55.6 Å². The van der Waals surface area contributed by atoms with E-state index in [0.29, 0.717) is 5.69 Å². The first kappa shape index (κ1) is 19.6. The minimum absolute atomic E-state index is 0.316. The van der Waals surface area contributed by atoms with Crippen molar-refractivity contribution < 1.29 is 4.79 Å². The second-order valence-electron chi connectivity index (χ2n) is 6.20. The molecular formula is C21H28N4O. The van der Waals surface area contributed by atoms with E-state index >= 15 is 0 Å². The number of nitrogens with one attached hydrogen (secondary N) is 1. The summed E-state index contributed by atoms with van der Waals surface area (Å²) in [7, 11) is 0. The van der Waals surface area contributed by atoms with Crippen molar-refractivity contribution in [1.82, 2.24) is 10.4 Å². The molecule has 5 nitrogen and oxygen atoms in total. The fraction of sp³-hybridized carbons (Fsp3) is 0.381. The molecule has 0 bridgehead atoms. The first-order valence-electron chi connectivity index (χ1n) is 9.34. The topological polar surface area (TPSA) is 57.6 Å². The number of amides is 1. The Hall–Kier alpha value is -2.69. The van der Waals surface area contributed by atoms with Crippen LogP contribution >= 0.6 is 0 Å². The van der Waals surface area contributed by atoms with E-state index in [0.717, 1.165) is 18.7 Å². The van der Waals surface area contributed by atoms with Crippen molar-refractivity contribution in [1.29, 1.82) is 0 Å². The van der Waals surface area contributed by atoms with E-state index in [1.807, 2.05) is 12.1 Å². The molecule has 0 saturated carbocycles. The molecule has 138 valence electrons. The monoisotopic (exact) mass is 352 g/mol. The number of hydrazone groups is 1. The minimum Gasteiger partial charge on any atom is -0.372 e. The van der Waals surface area contributed by atoms with Crippen LogP contribution in [0.4, 0.5) is 5.69 Å². The normalized spacial score (nSPS) is 10.8. The number of nitrogens with zero attached hydrogens (tertiary/aromatic N) is 3. The number of carbonyl (C=O) groups excluding carboxylic acids is 1. The summed E-state index contributed by atoms with van der Waals surface area (Å²) in [6.07, 6.45) is 8.03. The molecule has 0 unspecified atom stereocenters. The van der Waals surface area contributed by atoms with Crippen LogP contribution in [-0.4, -0.2) is 30.2 Å². The Morgan fingerprint density at radius 2 is 1.77 bits per heavy atom. The average molecular weight is 352 g/mol. The molecular weight excluding hydrogens is 324 g/mol. The number of pyridine rings is 1. The van der Waals surface area contributed by atoms with Gasteiger partial charge in [0.2, 0.25) is 0 Å². The van der Waals surface area contributed by atoms with Gasteiger partial charge in [-0.25, -0.2) is 5.43 Å². The predicted molar refractivity (Wildman–Crippen MR) is 108 cm³/mol. The second kappa shape index (κ2) is 11.0. The fourth-order valence-electron chi connectivity index (χ4n) is 2.56. The van der Waals surface area contributed by atoms with Crippen molar-refractivity contribution in [2.75, 3.05) is 18.0 Å². The van der Waals surface area contributed by atoms with Gasteiger partial charge in [0.15, 0.2) is 0 Å². The number of hydrogen-bond acceptors (Lipinski definition) is 4. The van der Waals surface area contributed by atoms with Crippen LogP contribution in [-0.2, 0) is 0 Å². The van der Waals surface area contributed by atoms with E-state index in [4.69, 9.17) is 0 Å². The van der Waals surface area contributed by atoms with Crippen LogP contribution in [0.15, 0.2) is 53.8 Å². The Bertz CT molecular complexity index is 675.